The summed E-state index contributed by atoms with van der Waals surface area (Å²) in [7, 11) is 1.28. The van der Waals surface area contributed by atoms with Gasteiger partial charge in [-0.2, -0.15) is 0 Å². The van der Waals surface area contributed by atoms with Crippen molar-refractivity contribution in [1.82, 2.24) is 0 Å². The van der Waals surface area contributed by atoms with Crippen LogP contribution in [-0.2, 0) is 0 Å². The Morgan fingerprint density at radius 2 is 1.74 bits per heavy atom. The Morgan fingerprint density at radius 1 is 1.00 bits per heavy atom. The minimum absolute atomic E-state index is 0.0482. The van der Waals surface area contributed by atoms with Crippen molar-refractivity contribution in [3.63, 3.8) is 0 Å². The Labute approximate surface area is 129 Å². The number of methoxy groups -OCH3 is 1. The van der Waals surface area contributed by atoms with Crippen LogP contribution >= 0.6 is 0 Å². The number of para-hydroxylation sites is 1. The molecule has 7 nitrogen and oxygen atoms in total. The molecule has 3 rings (SSSR count). The molecule has 4 N–H and O–H groups in total. The fourth-order valence-corrected chi connectivity index (χ4v) is 2.38. The number of hydrogen-bond donors (Lipinski definition) is 4. The van der Waals surface area contributed by atoms with E-state index in [4.69, 9.17) is 9.15 Å². The average Bonchev–Trinajstić information content (AvgIpc) is 2.51. The molecule has 0 bridgehead atoms. The van der Waals surface area contributed by atoms with Gasteiger partial charge >= 0.3 is 0 Å². The lowest BCUT2D eigenvalue weighted by Crippen LogP contribution is -2.06. The summed E-state index contributed by atoms with van der Waals surface area (Å²) >= 11 is 0. The number of aromatic hydroxyl groups is 4. The summed E-state index contributed by atoms with van der Waals surface area (Å²) in [6.45, 7) is 0. The molecular weight excluding hydrogens is 304 g/mol. The van der Waals surface area contributed by atoms with Crippen LogP contribution in [0.15, 0.2) is 39.7 Å². The number of fused-ring (bicyclic) bond motifs is 1. The molecule has 0 fully saturated rings. The van der Waals surface area contributed by atoms with Gasteiger partial charge in [-0.05, 0) is 6.07 Å². The molecule has 0 saturated carbocycles. The lowest BCUT2D eigenvalue weighted by atomic mass is 10.0. The highest BCUT2D eigenvalue weighted by molar-refractivity contribution is 5.93. The number of rotatable bonds is 2. The molecule has 0 amide bonds. The maximum atomic E-state index is 12.6. The Bertz CT molecular complexity index is 972. The van der Waals surface area contributed by atoms with Crippen molar-refractivity contribution >= 4 is 11.0 Å². The van der Waals surface area contributed by atoms with Crippen molar-refractivity contribution in [3.05, 3.63) is 40.8 Å². The molecule has 118 valence electrons. The van der Waals surface area contributed by atoms with Crippen LogP contribution in [0.3, 0.4) is 0 Å². The van der Waals surface area contributed by atoms with Gasteiger partial charge in [0, 0.05) is 11.6 Å². The van der Waals surface area contributed by atoms with Crippen LogP contribution in [0.4, 0.5) is 0 Å². The molecule has 3 aromatic rings. The quantitative estimate of drug-likeness (QED) is 0.535. The summed E-state index contributed by atoms with van der Waals surface area (Å²) in [5.41, 5.74) is -0.789. The third kappa shape index (κ3) is 2.10. The van der Waals surface area contributed by atoms with Crippen LogP contribution in [0.2, 0.25) is 0 Å². The maximum absolute atomic E-state index is 12.6. The Kier molecular flexibility index (Phi) is 3.25. The first kappa shape index (κ1) is 14.6. The van der Waals surface area contributed by atoms with Gasteiger partial charge in [-0.1, -0.05) is 12.1 Å². The summed E-state index contributed by atoms with van der Waals surface area (Å²) in [4.78, 5) is 12.6. The topological polar surface area (TPSA) is 120 Å². The van der Waals surface area contributed by atoms with Crippen LogP contribution < -0.4 is 10.2 Å². The van der Waals surface area contributed by atoms with Gasteiger partial charge in [0.2, 0.25) is 11.2 Å². The first-order chi connectivity index (χ1) is 11.0. The lowest BCUT2D eigenvalue weighted by molar-refractivity contribution is 0.367. The highest BCUT2D eigenvalue weighted by Crippen LogP contribution is 2.41. The number of ether oxygens (including phenoxy) is 1. The summed E-state index contributed by atoms with van der Waals surface area (Å²) in [6, 6.07) is 5.09. The van der Waals surface area contributed by atoms with Crippen LogP contribution in [0.5, 0.6) is 28.7 Å². The highest BCUT2D eigenvalue weighted by atomic mass is 16.5. The van der Waals surface area contributed by atoms with E-state index in [1.54, 1.807) is 0 Å². The molecule has 0 radical (unpaired) electrons. The summed E-state index contributed by atoms with van der Waals surface area (Å²) < 4.78 is 10.3. The van der Waals surface area contributed by atoms with Gasteiger partial charge < -0.3 is 29.6 Å². The first-order valence-corrected chi connectivity index (χ1v) is 6.51. The second kappa shape index (κ2) is 5.13. The molecule has 0 unspecified atom stereocenters. The van der Waals surface area contributed by atoms with Crippen LogP contribution in [0.1, 0.15) is 0 Å². The Balaban J connectivity index is 2.41. The molecule has 1 aromatic heterocycles. The highest BCUT2D eigenvalue weighted by Gasteiger charge is 2.21. The SMILES string of the molecule is COc1c(O)cc(O)c2c(=O)c(-c3cccc(O)c3O)coc12. The molecule has 0 atom stereocenters. The van der Waals surface area contributed by atoms with E-state index in [0.717, 1.165) is 12.3 Å². The molecular formula is C16H12O7. The zero-order chi connectivity index (χ0) is 16.7. The van der Waals surface area contributed by atoms with E-state index in [1.807, 2.05) is 0 Å². The third-order valence-corrected chi connectivity index (χ3v) is 3.47. The molecule has 0 aliphatic heterocycles. The monoisotopic (exact) mass is 316 g/mol. The summed E-state index contributed by atoms with van der Waals surface area (Å²) in [6.07, 6.45) is 1.06. The van der Waals surface area contributed by atoms with Gasteiger partial charge in [0.1, 0.15) is 17.4 Å². The predicted octanol–water partition coefficient (Wildman–Crippen LogP) is 2.29. The zero-order valence-electron chi connectivity index (χ0n) is 11.9. The fraction of sp³-hybridized carbons (Fsp3) is 0.0625. The van der Waals surface area contributed by atoms with Gasteiger partial charge in [-0.3, -0.25) is 4.79 Å². The second-order valence-electron chi connectivity index (χ2n) is 4.80. The van der Waals surface area contributed by atoms with E-state index < -0.39 is 22.7 Å². The molecule has 0 spiro atoms. The second-order valence-corrected chi connectivity index (χ2v) is 4.80. The van der Waals surface area contributed by atoms with Gasteiger partial charge in [-0.15, -0.1) is 0 Å². The van der Waals surface area contributed by atoms with Crippen molar-refractivity contribution in [2.24, 2.45) is 0 Å². The average molecular weight is 316 g/mol. The summed E-state index contributed by atoms with van der Waals surface area (Å²) in [5.74, 6) is -1.84. The molecule has 1 heterocycles. The zero-order valence-corrected chi connectivity index (χ0v) is 11.9. The largest absolute Gasteiger partial charge is 0.507 e. The van der Waals surface area contributed by atoms with Gasteiger partial charge in [0.15, 0.2) is 22.8 Å². The Morgan fingerprint density at radius 3 is 2.43 bits per heavy atom. The molecule has 0 saturated heterocycles. The lowest BCUT2D eigenvalue weighted by Gasteiger charge is -2.10. The van der Waals surface area contributed by atoms with Gasteiger partial charge in [0.25, 0.3) is 0 Å². The number of phenolic OH excluding ortho intramolecular Hbond substituents is 4. The van der Waals surface area contributed by atoms with Crippen LogP contribution in [0, 0.1) is 0 Å². The minimum Gasteiger partial charge on any atom is -0.507 e. The van der Waals surface area contributed by atoms with Crippen molar-refractivity contribution < 1.29 is 29.6 Å². The van der Waals surface area contributed by atoms with E-state index >= 15 is 0 Å². The maximum Gasteiger partial charge on any atom is 0.204 e. The molecule has 23 heavy (non-hydrogen) atoms. The van der Waals surface area contributed by atoms with Crippen LogP contribution in [-0.4, -0.2) is 27.5 Å². The smallest absolute Gasteiger partial charge is 0.204 e. The number of hydrogen-bond acceptors (Lipinski definition) is 7. The molecule has 0 aliphatic rings. The van der Waals surface area contributed by atoms with Gasteiger partial charge in [0.05, 0.1) is 12.7 Å². The van der Waals surface area contributed by atoms with E-state index in [9.17, 15) is 25.2 Å². The van der Waals surface area contributed by atoms with Crippen molar-refractivity contribution in [2.75, 3.05) is 7.11 Å². The molecule has 2 aromatic carbocycles. The fourth-order valence-electron chi connectivity index (χ4n) is 2.38. The van der Waals surface area contributed by atoms with Crippen molar-refractivity contribution in [2.45, 2.75) is 0 Å². The van der Waals surface area contributed by atoms with Crippen LogP contribution in [0.25, 0.3) is 22.1 Å². The van der Waals surface area contributed by atoms with Gasteiger partial charge in [-0.25, -0.2) is 0 Å². The minimum atomic E-state index is -0.650. The number of phenols is 4. The normalized spacial score (nSPS) is 10.8. The molecule has 7 heteroatoms. The Hall–Kier alpha value is -3.35. The first-order valence-electron chi connectivity index (χ1n) is 6.51. The van der Waals surface area contributed by atoms with Crippen molar-refractivity contribution in [1.29, 1.82) is 0 Å². The summed E-state index contributed by atoms with van der Waals surface area (Å²) in [5, 5.41) is 38.9. The van der Waals surface area contributed by atoms with E-state index in [-0.39, 0.29) is 33.6 Å². The van der Waals surface area contributed by atoms with E-state index in [0.29, 0.717) is 0 Å². The third-order valence-electron chi connectivity index (χ3n) is 3.47. The predicted molar refractivity (Wildman–Crippen MR) is 81.1 cm³/mol. The standard InChI is InChI=1S/C16H12O7/c1-22-15-11(19)5-10(18)12-14(21)8(6-23-16(12)15)7-3-2-4-9(17)13(7)20/h2-6,17-20H,1H3. The van der Waals surface area contributed by atoms with E-state index in [2.05, 4.69) is 0 Å². The van der Waals surface area contributed by atoms with Crippen molar-refractivity contribution in [3.8, 4) is 39.9 Å². The number of benzene rings is 2. The molecule has 0 aliphatic carbocycles. The van der Waals surface area contributed by atoms with E-state index in [1.165, 1.54) is 25.3 Å².